The van der Waals surface area contributed by atoms with Gasteiger partial charge in [-0.05, 0) is 50.5 Å². The molecule has 3 rings (SSSR count). The van der Waals surface area contributed by atoms with E-state index >= 15 is 0 Å². The van der Waals surface area contributed by atoms with E-state index in [9.17, 15) is 0 Å². The fourth-order valence-corrected chi connectivity index (χ4v) is 3.53. The van der Waals surface area contributed by atoms with Crippen molar-refractivity contribution < 1.29 is 4.74 Å². The molecule has 1 fully saturated rings. The number of allylic oxidation sites excluding steroid dienone is 5. The second kappa shape index (κ2) is 5.99. The Labute approximate surface area is 122 Å². The van der Waals surface area contributed by atoms with Crippen LogP contribution in [0.15, 0.2) is 40.1 Å². The van der Waals surface area contributed by atoms with Crippen LogP contribution in [0.4, 0.5) is 0 Å². The van der Waals surface area contributed by atoms with E-state index in [-0.39, 0.29) is 0 Å². The Bertz CT molecular complexity index is 496. The third kappa shape index (κ3) is 2.74. The Morgan fingerprint density at radius 1 is 1.25 bits per heavy atom. The molecule has 2 aliphatic carbocycles. The van der Waals surface area contributed by atoms with Gasteiger partial charge in [0.05, 0.1) is 0 Å². The third-order valence-electron chi connectivity index (χ3n) is 4.74. The lowest BCUT2D eigenvalue weighted by atomic mass is 9.91. The van der Waals surface area contributed by atoms with Gasteiger partial charge in [0.1, 0.15) is 11.9 Å². The quantitative estimate of drug-likeness (QED) is 0.720. The lowest BCUT2D eigenvalue weighted by Crippen LogP contribution is -2.20. The van der Waals surface area contributed by atoms with E-state index in [2.05, 4.69) is 37.1 Å². The number of aliphatic imine (C=N–C) groups is 1. The van der Waals surface area contributed by atoms with Crippen LogP contribution >= 0.6 is 0 Å². The van der Waals surface area contributed by atoms with Crippen LogP contribution in [0.1, 0.15) is 52.4 Å². The average molecular weight is 271 g/mol. The van der Waals surface area contributed by atoms with E-state index in [0.717, 1.165) is 25.8 Å². The van der Waals surface area contributed by atoms with Gasteiger partial charge >= 0.3 is 0 Å². The molecule has 3 aliphatic rings. The van der Waals surface area contributed by atoms with Crippen molar-refractivity contribution in [3.8, 4) is 0 Å². The van der Waals surface area contributed by atoms with E-state index in [1.807, 2.05) is 0 Å². The molecule has 1 heterocycles. The largest absolute Gasteiger partial charge is 0.494 e. The number of hydrogen-bond acceptors (Lipinski definition) is 2. The molecule has 1 aliphatic heterocycles. The van der Waals surface area contributed by atoms with Crippen LogP contribution in [-0.2, 0) is 4.74 Å². The Morgan fingerprint density at radius 2 is 2.15 bits per heavy atom. The smallest absolute Gasteiger partial charge is 0.106 e. The summed E-state index contributed by atoms with van der Waals surface area (Å²) >= 11 is 0. The maximum absolute atomic E-state index is 6.46. The first-order valence-corrected chi connectivity index (χ1v) is 8.03. The van der Waals surface area contributed by atoms with Gasteiger partial charge in [-0.15, -0.1) is 0 Å². The summed E-state index contributed by atoms with van der Waals surface area (Å²) in [7, 11) is 0. The second-order valence-electron chi connectivity index (χ2n) is 6.24. The molecule has 0 aromatic rings. The minimum Gasteiger partial charge on any atom is -0.494 e. The number of hydrogen-bond donors (Lipinski definition) is 0. The van der Waals surface area contributed by atoms with Crippen LogP contribution in [0.3, 0.4) is 0 Å². The van der Waals surface area contributed by atoms with Crippen LogP contribution in [0, 0.1) is 5.92 Å². The van der Waals surface area contributed by atoms with Gasteiger partial charge in [-0.1, -0.05) is 25.2 Å². The highest BCUT2D eigenvalue weighted by atomic mass is 16.5. The average Bonchev–Trinajstić information content (AvgIpc) is 2.80. The second-order valence-corrected chi connectivity index (χ2v) is 6.24. The van der Waals surface area contributed by atoms with E-state index < -0.39 is 0 Å². The van der Waals surface area contributed by atoms with Crippen molar-refractivity contribution in [1.29, 1.82) is 0 Å². The predicted molar refractivity (Wildman–Crippen MR) is 84.0 cm³/mol. The molecule has 1 saturated carbocycles. The van der Waals surface area contributed by atoms with Crippen molar-refractivity contribution in [2.45, 2.75) is 58.5 Å². The van der Waals surface area contributed by atoms with E-state index in [4.69, 9.17) is 4.74 Å². The molecule has 2 unspecified atom stereocenters. The first kappa shape index (κ1) is 13.7. The zero-order valence-corrected chi connectivity index (χ0v) is 12.7. The molecule has 0 N–H and O–H groups in total. The summed E-state index contributed by atoms with van der Waals surface area (Å²) in [5, 5.41) is 0. The highest BCUT2D eigenvalue weighted by Gasteiger charge is 2.28. The number of nitrogens with zero attached hydrogens (tertiary/aromatic N) is 1. The molecule has 20 heavy (non-hydrogen) atoms. The van der Waals surface area contributed by atoms with Gasteiger partial charge in [0, 0.05) is 24.3 Å². The van der Waals surface area contributed by atoms with Gasteiger partial charge < -0.3 is 4.74 Å². The molecular formula is C18H25NO. The summed E-state index contributed by atoms with van der Waals surface area (Å²) in [6, 6.07) is 0. The highest BCUT2D eigenvalue weighted by Crippen LogP contribution is 2.34. The number of rotatable bonds is 2. The fraction of sp³-hybridized carbons (Fsp3) is 0.611. The maximum Gasteiger partial charge on any atom is 0.106 e. The zero-order valence-electron chi connectivity index (χ0n) is 12.7. The van der Waals surface area contributed by atoms with E-state index in [0.29, 0.717) is 12.0 Å². The Kier molecular flexibility index (Phi) is 4.09. The molecule has 0 aromatic carbocycles. The summed E-state index contributed by atoms with van der Waals surface area (Å²) in [5.74, 6) is 1.89. The molecule has 2 nitrogen and oxygen atoms in total. The van der Waals surface area contributed by atoms with Crippen LogP contribution in [-0.4, -0.2) is 18.4 Å². The third-order valence-corrected chi connectivity index (χ3v) is 4.74. The van der Waals surface area contributed by atoms with Gasteiger partial charge in [0.25, 0.3) is 0 Å². The Balaban J connectivity index is 1.93. The van der Waals surface area contributed by atoms with Gasteiger partial charge in [-0.25, -0.2) is 0 Å². The Hall–Kier alpha value is -1.31. The predicted octanol–water partition coefficient (Wildman–Crippen LogP) is 4.59. The standard InChI is InChI=1S/C18H25NO/c1-13-7-6-10-16(13)20-17-9-5-3-4-8-15-11-12-19-14(2)18(15)17/h3-4,8,13,16H,5-7,9-12H2,1-2H3. The van der Waals surface area contributed by atoms with Crippen molar-refractivity contribution in [2.24, 2.45) is 10.9 Å². The normalized spacial score (nSPS) is 30.3. The topological polar surface area (TPSA) is 21.6 Å². The summed E-state index contributed by atoms with van der Waals surface area (Å²) in [6.07, 6.45) is 14.1. The molecule has 2 atom stereocenters. The molecule has 108 valence electrons. The van der Waals surface area contributed by atoms with Gasteiger partial charge in [-0.2, -0.15) is 0 Å². The van der Waals surface area contributed by atoms with Crippen LogP contribution in [0.25, 0.3) is 0 Å². The zero-order chi connectivity index (χ0) is 13.9. The lowest BCUT2D eigenvalue weighted by Gasteiger charge is -2.26. The van der Waals surface area contributed by atoms with Crippen molar-refractivity contribution in [2.75, 3.05) is 6.54 Å². The van der Waals surface area contributed by atoms with E-state index in [1.165, 1.54) is 41.9 Å². The summed E-state index contributed by atoms with van der Waals surface area (Å²) in [4.78, 5) is 4.64. The van der Waals surface area contributed by atoms with Crippen LogP contribution in [0.5, 0.6) is 0 Å². The van der Waals surface area contributed by atoms with Gasteiger partial charge in [0.2, 0.25) is 0 Å². The summed E-state index contributed by atoms with van der Waals surface area (Å²) in [6.45, 7) is 5.38. The minimum absolute atomic E-state index is 0.414. The molecule has 0 aromatic heterocycles. The summed E-state index contributed by atoms with van der Waals surface area (Å²) < 4.78 is 6.46. The molecule has 0 radical (unpaired) electrons. The monoisotopic (exact) mass is 271 g/mol. The Morgan fingerprint density at radius 3 is 2.95 bits per heavy atom. The van der Waals surface area contributed by atoms with Crippen molar-refractivity contribution in [1.82, 2.24) is 0 Å². The van der Waals surface area contributed by atoms with Crippen LogP contribution in [0.2, 0.25) is 0 Å². The molecule has 0 saturated heterocycles. The van der Waals surface area contributed by atoms with Crippen LogP contribution < -0.4 is 0 Å². The van der Waals surface area contributed by atoms with E-state index in [1.54, 1.807) is 0 Å². The number of fused-ring (bicyclic) bond motifs is 1. The summed E-state index contributed by atoms with van der Waals surface area (Å²) in [5.41, 5.74) is 3.88. The fourth-order valence-electron chi connectivity index (χ4n) is 3.53. The molecule has 0 bridgehead atoms. The highest BCUT2D eigenvalue weighted by molar-refractivity contribution is 6.03. The first-order valence-electron chi connectivity index (χ1n) is 8.03. The van der Waals surface area contributed by atoms with Crippen molar-refractivity contribution in [3.63, 3.8) is 0 Å². The molecule has 0 spiro atoms. The van der Waals surface area contributed by atoms with Gasteiger partial charge in [0.15, 0.2) is 0 Å². The van der Waals surface area contributed by atoms with Crippen molar-refractivity contribution in [3.05, 3.63) is 35.1 Å². The molecule has 0 amide bonds. The van der Waals surface area contributed by atoms with Crippen molar-refractivity contribution >= 4 is 5.71 Å². The lowest BCUT2D eigenvalue weighted by molar-refractivity contribution is 0.0828. The minimum atomic E-state index is 0.414. The number of ether oxygens (including phenoxy) is 1. The first-order chi connectivity index (χ1) is 9.75. The molecule has 2 heteroatoms. The maximum atomic E-state index is 6.46. The SMILES string of the molecule is CC1=NCCC2=CC=CCCC(OC3CCCC3C)=C21. The molecular weight excluding hydrogens is 246 g/mol. The van der Waals surface area contributed by atoms with Gasteiger partial charge in [-0.3, -0.25) is 4.99 Å².